The molecule has 0 saturated carbocycles. The van der Waals surface area contributed by atoms with Crippen LogP contribution in [0, 0.1) is 6.92 Å². The molecule has 0 saturated heterocycles. The summed E-state index contributed by atoms with van der Waals surface area (Å²) in [5, 5.41) is 4.14. The summed E-state index contributed by atoms with van der Waals surface area (Å²) in [6.45, 7) is 2.06. The van der Waals surface area contributed by atoms with Crippen LogP contribution in [-0.2, 0) is 0 Å². The minimum atomic E-state index is 0.707. The van der Waals surface area contributed by atoms with E-state index < -0.39 is 0 Å². The molecular formula is C19H20N2O3S. The number of nitrogens with zero attached hydrogens (tertiary/aromatic N) is 1. The lowest BCUT2D eigenvalue weighted by atomic mass is 10.1. The van der Waals surface area contributed by atoms with Gasteiger partial charge in [0, 0.05) is 16.5 Å². The van der Waals surface area contributed by atoms with Gasteiger partial charge in [-0.1, -0.05) is 0 Å². The zero-order valence-electron chi connectivity index (χ0n) is 14.6. The van der Waals surface area contributed by atoms with Crippen molar-refractivity contribution in [2.75, 3.05) is 26.6 Å². The molecule has 0 aliphatic heterocycles. The summed E-state index contributed by atoms with van der Waals surface area (Å²) < 4.78 is 15.9. The topological polar surface area (TPSA) is 52.6 Å². The SMILES string of the molecule is COc1ccc(-c2nc(Nc3ccc(OC)cc3OC)sc2C)cc1. The quantitative estimate of drug-likeness (QED) is 0.682. The molecule has 130 valence electrons. The van der Waals surface area contributed by atoms with E-state index in [1.54, 1.807) is 32.7 Å². The van der Waals surface area contributed by atoms with Crippen LogP contribution in [0.4, 0.5) is 10.8 Å². The van der Waals surface area contributed by atoms with E-state index in [1.165, 1.54) is 0 Å². The number of hydrogen-bond acceptors (Lipinski definition) is 6. The van der Waals surface area contributed by atoms with Gasteiger partial charge in [-0.3, -0.25) is 0 Å². The third-order valence-electron chi connectivity index (χ3n) is 3.81. The fourth-order valence-electron chi connectivity index (χ4n) is 2.48. The number of ether oxygens (including phenoxy) is 3. The molecule has 0 fully saturated rings. The molecule has 5 nitrogen and oxygen atoms in total. The van der Waals surface area contributed by atoms with Crippen LogP contribution in [0.3, 0.4) is 0 Å². The number of hydrogen-bond donors (Lipinski definition) is 1. The van der Waals surface area contributed by atoms with E-state index in [4.69, 9.17) is 19.2 Å². The Bertz CT molecular complexity index is 860. The molecule has 0 aliphatic rings. The molecule has 0 unspecified atom stereocenters. The summed E-state index contributed by atoms with van der Waals surface area (Å²) >= 11 is 1.60. The second kappa shape index (κ2) is 7.44. The standard InChI is InChI=1S/C19H20N2O3S/c1-12-18(13-5-7-14(22-2)8-6-13)21-19(25-12)20-16-10-9-15(23-3)11-17(16)24-4/h5-11H,1-4H3,(H,20,21). The lowest BCUT2D eigenvalue weighted by molar-refractivity contribution is 0.395. The number of nitrogens with one attached hydrogen (secondary N) is 1. The molecule has 1 aromatic heterocycles. The molecule has 1 heterocycles. The van der Waals surface area contributed by atoms with Crippen LogP contribution in [0.25, 0.3) is 11.3 Å². The third-order valence-corrected chi connectivity index (χ3v) is 4.70. The Morgan fingerprint density at radius 3 is 2.20 bits per heavy atom. The van der Waals surface area contributed by atoms with Crippen LogP contribution < -0.4 is 19.5 Å². The lowest BCUT2D eigenvalue weighted by Gasteiger charge is -2.10. The van der Waals surface area contributed by atoms with Crippen molar-refractivity contribution in [3.63, 3.8) is 0 Å². The number of anilines is 2. The molecule has 0 amide bonds. The Morgan fingerprint density at radius 2 is 1.56 bits per heavy atom. The molecule has 3 rings (SSSR count). The van der Waals surface area contributed by atoms with Crippen molar-refractivity contribution >= 4 is 22.2 Å². The highest BCUT2D eigenvalue weighted by molar-refractivity contribution is 7.16. The fraction of sp³-hybridized carbons (Fsp3) is 0.211. The second-order valence-corrected chi connectivity index (χ2v) is 6.55. The van der Waals surface area contributed by atoms with E-state index in [-0.39, 0.29) is 0 Å². The first-order valence-electron chi connectivity index (χ1n) is 7.75. The predicted molar refractivity (Wildman–Crippen MR) is 102 cm³/mol. The first kappa shape index (κ1) is 17.1. The van der Waals surface area contributed by atoms with Crippen molar-refractivity contribution in [3.05, 3.63) is 47.3 Å². The van der Waals surface area contributed by atoms with Gasteiger partial charge in [0.2, 0.25) is 0 Å². The highest BCUT2D eigenvalue weighted by atomic mass is 32.1. The molecule has 0 radical (unpaired) electrons. The van der Waals surface area contributed by atoms with E-state index in [9.17, 15) is 0 Å². The minimum absolute atomic E-state index is 0.707. The highest BCUT2D eigenvalue weighted by Gasteiger charge is 2.12. The minimum Gasteiger partial charge on any atom is -0.497 e. The van der Waals surface area contributed by atoms with Crippen molar-refractivity contribution in [2.45, 2.75) is 6.92 Å². The zero-order valence-corrected chi connectivity index (χ0v) is 15.4. The van der Waals surface area contributed by atoms with Gasteiger partial charge in [0.15, 0.2) is 5.13 Å². The molecule has 6 heteroatoms. The van der Waals surface area contributed by atoms with Gasteiger partial charge < -0.3 is 19.5 Å². The molecule has 0 spiro atoms. The molecule has 3 aromatic rings. The maximum absolute atomic E-state index is 5.43. The second-order valence-electron chi connectivity index (χ2n) is 5.34. The van der Waals surface area contributed by atoms with Gasteiger partial charge >= 0.3 is 0 Å². The van der Waals surface area contributed by atoms with E-state index in [0.29, 0.717) is 5.75 Å². The van der Waals surface area contributed by atoms with Crippen molar-refractivity contribution in [3.8, 4) is 28.5 Å². The molecule has 1 N–H and O–H groups in total. The highest BCUT2D eigenvalue weighted by Crippen LogP contribution is 2.36. The Kier molecular flexibility index (Phi) is 5.09. The summed E-state index contributed by atoms with van der Waals surface area (Å²) in [7, 11) is 4.93. The Balaban J connectivity index is 1.87. The summed E-state index contributed by atoms with van der Waals surface area (Å²) in [6, 6.07) is 13.5. The van der Waals surface area contributed by atoms with Crippen LogP contribution in [0.1, 0.15) is 4.88 Å². The van der Waals surface area contributed by atoms with Crippen LogP contribution in [0.15, 0.2) is 42.5 Å². The summed E-state index contributed by atoms with van der Waals surface area (Å²) in [5.41, 5.74) is 2.87. The van der Waals surface area contributed by atoms with Gasteiger partial charge in [0.1, 0.15) is 17.2 Å². The van der Waals surface area contributed by atoms with Gasteiger partial charge in [-0.25, -0.2) is 4.98 Å². The molecule has 0 bridgehead atoms. The zero-order chi connectivity index (χ0) is 17.8. The number of benzene rings is 2. The number of rotatable bonds is 6. The van der Waals surface area contributed by atoms with E-state index in [2.05, 4.69) is 12.2 Å². The van der Waals surface area contributed by atoms with E-state index in [0.717, 1.165) is 38.5 Å². The van der Waals surface area contributed by atoms with Crippen molar-refractivity contribution < 1.29 is 14.2 Å². The average Bonchev–Trinajstić information content (AvgIpc) is 3.02. The lowest BCUT2D eigenvalue weighted by Crippen LogP contribution is -1.95. The summed E-state index contributed by atoms with van der Waals surface area (Å²) in [5.74, 6) is 2.28. The smallest absolute Gasteiger partial charge is 0.188 e. The van der Waals surface area contributed by atoms with Crippen molar-refractivity contribution in [1.82, 2.24) is 4.98 Å². The van der Waals surface area contributed by atoms with E-state index >= 15 is 0 Å². The summed E-state index contributed by atoms with van der Waals surface area (Å²) in [6.07, 6.45) is 0. The molecular weight excluding hydrogens is 336 g/mol. The van der Waals surface area contributed by atoms with Crippen molar-refractivity contribution in [1.29, 1.82) is 0 Å². The molecule has 25 heavy (non-hydrogen) atoms. The largest absolute Gasteiger partial charge is 0.497 e. The van der Waals surface area contributed by atoms with Gasteiger partial charge in [0.05, 0.1) is 32.7 Å². The van der Waals surface area contributed by atoms with Gasteiger partial charge in [-0.05, 0) is 43.3 Å². The Hall–Kier alpha value is -2.73. The first-order chi connectivity index (χ1) is 12.1. The fourth-order valence-corrected chi connectivity index (χ4v) is 3.33. The number of methoxy groups -OCH3 is 3. The Labute approximate surface area is 151 Å². The monoisotopic (exact) mass is 356 g/mol. The van der Waals surface area contributed by atoms with Crippen LogP contribution in [-0.4, -0.2) is 26.3 Å². The molecule has 0 aliphatic carbocycles. The third kappa shape index (κ3) is 3.69. The van der Waals surface area contributed by atoms with Crippen LogP contribution in [0.5, 0.6) is 17.2 Å². The maximum Gasteiger partial charge on any atom is 0.188 e. The predicted octanol–water partition coefficient (Wildman–Crippen LogP) is 4.89. The van der Waals surface area contributed by atoms with E-state index in [1.807, 2.05) is 42.5 Å². The van der Waals surface area contributed by atoms with Crippen LogP contribution >= 0.6 is 11.3 Å². The van der Waals surface area contributed by atoms with Gasteiger partial charge in [0.25, 0.3) is 0 Å². The first-order valence-corrected chi connectivity index (χ1v) is 8.57. The normalized spacial score (nSPS) is 10.4. The maximum atomic E-state index is 5.43. The van der Waals surface area contributed by atoms with Crippen LogP contribution in [0.2, 0.25) is 0 Å². The average molecular weight is 356 g/mol. The molecule has 0 atom stereocenters. The number of aromatic nitrogens is 1. The number of thiazole rings is 1. The number of aryl methyl sites for hydroxylation is 1. The molecule has 2 aromatic carbocycles. The van der Waals surface area contributed by atoms with Gasteiger partial charge in [-0.2, -0.15) is 0 Å². The van der Waals surface area contributed by atoms with Crippen molar-refractivity contribution in [2.24, 2.45) is 0 Å². The summed E-state index contributed by atoms with van der Waals surface area (Å²) in [4.78, 5) is 5.87. The van der Waals surface area contributed by atoms with Gasteiger partial charge in [-0.15, -0.1) is 11.3 Å². The Morgan fingerprint density at radius 1 is 0.880 bits per heavy atom.